The van der Waals surface area contributed by atoms with Crippen LogP contribution in [-0.4, -0.2) is 36.4 Å². The number of alkyl halides is 1. The van der Waals surface area contributed by atoms with Gasteiger partial charge < -0.3 is 11.1 Å². The van der Waals surface area contributed by atoms with Gasteiger partial charge in [0.2, 0.25) is 0 Å². The van der Waals surface area contributed by atoms with Crippen molar-refractivity contribution in [2.45, 2.75) is 32.1 Å². The van der Waals surface area contributed by atoms with Gasteiger partial charge in [-0.3, -0.25) is 20.2 Å². The molecule has 0 atom stereocenters. The van der Waals surface area contributed by atoms with E-state index < -0.39 is 0 Å². The molecule has 0 aromatic heterocycles. The van der Waals surface area contributed by atoms with E-state index in [0.717, 1.165) is 48.5 Å². The molecule has 1 amide bonds. The molecule has 0 fully saturated rings. The Morgan fingerprint density at radius 2 is 2.07 bits per heavy atom. The summed E-state index contributed by atoms with van der Waals surface area (Å²) >= 11 is 6.07. The SMILES string of the molecule is CC1=CC2=NCCCCCNC(=O)c3cc(CCl)cc(c3)/C(=C/N)N(C1)N2. The van der Waals surface area contributed by atoms with Gasteiger partial charge in [-0.1, -0.05) is 0 Å². The Morgan fingerprint density at radius 1 is 1.26 bits per heavy atom. The highest BCUT2D eigenvalue weighted by Gasteiger charge is 2.19. The van der Waals surface area contributed by atoms with E-state index in [9.17, 15) is 4.79 Å². The van der Waals surface area contributed by atoms with Crippen LogP contribution in [0.2, 0.25) is 0 Å². The summed E-state index contributed by atoms with van der Waals surface area (Å²) in [6, 6.07) is 5.66. The van der Waals surface area contributed by atoms with Gasteiger partial charge in [0, 0.05) is 36.3 Å². The van der Waals surface area contributed by atoms with Crippen molar-refractivity contribution in [2.75, 3.05) is 19.6 Å². The van der Waals surface area contributed by atoms with E-state index in [1.165, 1.54) is 5.57 Å². The van der Waals surface area contributed by atoms with Crippen molar-refractivity contribution in [3.8, 4) is 0 Å². The number of hydrazine groups is 1. The molecule has 6 nitrogen and oxygen atoms in total. The van der Waals surface area contributed by atoms with Crippen LogP contribution in [0.5, 0.6) is 0 Å². The molecule has 1 aromatic carbocycles. The van der Waals surface area contributed by atoms with Crippen molar-refractivity contribution in [1.82, 2.24) is 15.8 Å². The lowest BCUT2D eigenvalue weighted by molar-refractivity contribution is 0.0953. The van der Waals surface area contributed by atoms with E-state index in [1.54, 1.807) is 6.20 Å². The lowest BCUT2D eigenvalue weighted by Gasteiger charge is -2.32. The number of halogens is 1. The summed E-state index contributed by atoms with van der Waals surface area (Å²) in [5, 5.41) is 4.95. The van der Waals surface area contributed by atoms with Crippen LogP contribution in [0.15, 0.2) is 41.0 Å². The zero-order valence-corrected chi connectivity index (χ0v) is 16.4. The van der Waals surface area contributed by atoms with Gasteiger partial charge in [0.15, 0.2) is 0 Å². The summed E-state index contributed by atoms with van der Waals surface area (Å²) in [7, 11) is 0. The highest BCUT2D eigenvalue weighted by atomic mass is 35.5. The number of fused-ring (bicyclic) bond motifs is 4. The van der Waals surface area contributed by atoms with Crippen LogP contribution in [-0.2, 0) is 5.88 Å². The second kappa shape index (κ2) is 8.95. The van der Waals surface area contributed by atoms with Crippen molar-refractivity contribution in [2.24, 2.45) is 10.7 Å². The number of carbonyl (C=O) groups is 1. The molecule has 144 valence electrons. The summed E-state index contributed by atoms with van der Waals surface area (Å²) in [5.74, 6) is 1.07. The molecule has 0 saturated heterocycles. The maximum absolute atomic E-state index is 12.6. The number of rotatable bonds is 1. The van der Waals surface area contributed by atoms with Gasteiger partial charge in [-0.2, -0.15) is 0 Å². The molecule has 2 heterocycles. The standard InChI is InChI=1S/C20H26ClN5O/c1-14-7-19-23-5-3-2-4-6-24-20(27)17-9-15(11-21)8-16(10-17)18(12-22)26(13-14)25-19/h7-10,12H,2-6,11,13,22H2,1H3,(H,23,25)(H,24,27)/b18-12-. The molecule has 1 aromatic rings. The van der Waals surface area contributed by atoms with Crippen LogP contribution in [0, 0.1) is 0 Å². The van der Waals surface area contributed by atoms with Crippen LogP contribution < -0.4 is 16.5 Å². The predicted molar refractivity (Wildman–Crippen MR) is 110 cm³/mol. The number of benzene rings is 1. The van der Waals surface area contributed by atoms with E-state index in [4.69, 9.17) is 17.3 Å². The third-order valence-electron chi connectivity index (χ3n) is 4.60. The van der Waals surface area contributed by atoms with Crippen molar-refractivity contribution in [1.29, 1.82) is 0 Å². The Balaban J connectivity index is 2.03. The molecular formula is C20H26ClN5O. The summed E-state index contributed by atoms with van der Waals surface area (Å²) < 4.78 is 0. The number of amides is 1. The normalized spacial score (nSPS) is 20.0. The Hall–Kier alpha value is -2.47. The number of aliphatic imine (C=N–C) groups is 1. The Bertz CT molecular complexity index is 800. The molecular weight excluding hydrogens is 362 g/mol. The van der Waals surface area contributed by atoms with Crippen molar-refractivity contribution in [3.63, 3.8) is 0 Å². The smallest absolute Gasteiger partial charge is 0.251 e. The van der Waals surface area contributed by atoms with Crippen molar-refractivity contribution in [3.05, 3.63) is 52.7 Å². The second-order valence-corrected chi connectivity index (χ2v) is 7.14. The average Bonchev–Trinajstić information content (AvgIpc) is 2.66. The van der Waals surface area contributed by atoms with E-state index >= 15 is 0 Å². The number of hydrogen-bond acceptors (Lipinski definition) is 5. The van der Waals surface area contributed by atoms with Crippen LogP contribution in [0.1, 0.15) is 47.7 Å². The third kappa shape index (κ3) is 4.83. The van der Waals surface area contributed by atoms with Crippen LogP contribution >= 0.6 is 11.6 Å². The first-order valence-corrected chi connectivity index (χ1v) is 9.80. The van der Waals surface area contributed by atoms with Gasteiger partial charge in [-0.15, -0.1) is 11.6 Å². The molecule has 2 aliphatic rings. The van der Waals surface area contributed by atoms with Crippen LogP contribution in [0.3, 0.4) is 0 Å². The fourth-order valence-electron chi connectivity index (χ4n) is 3.27. The zero-order valence-electron chi connectivity index (χ0n) is 15.6. The minimum Gasteiger partial charge on any atom is -0.403 e. The Kier molecular flexibility index (Phi) is 6.40. The molecule has 0 spiro atoms. The Morgan fingerprint density at radius 3 is 2.85 bits per heavy atom. The minimum atomic E-state index is -0.0888. The van der Waals surface area contributed by atoms with E-state index in [2.05, 4.69) is 28.7 Å². The first-order chi connectivity index (χ1) is 13.1. The average molecular weight is 388 g/mol. The Labute approximate surface area is 165 Å². The number of nitrogens with two attached hydrogens (primary N) is 1. The summed E-state index contributed by atoms with van der Waals surface area (Å²) in [6.07, 6.45) is 6.55. The summed E-state index contributed by atoms with van der Waals surface area (Å²) in [6.45, 7) is 4.15. The molecule has 3 rings (SSSR count). The van der Waals surface area contributed by atoms with Crippen molar-refractivity contribution >= 4 is 29.0 Å². The summed E-state index contributed by atoms with van der Waals surface area (Å²) in [5.41, 5.74) is 13.6. The lowest BCUT2D eigenvalue weighted by atomic mass is 10.0. The predicted octanol–water partition coefficient (Wildman–Crippen LogP) is 2.76. The first-order valence-electron chi connectivity index (χ1n) is 9.27. The van der Waals surface area contributed by atoms with Gasteiger partial charge in [0.05, 0.1) is 12.2 Å². The van der Waals surface area contributed by atoms with Crippen molar-refractivity contribution < 1.29 is 4.79 Å². The van der Waals surface area contributed by atoms with E-state index in [1.807, 2.05) is 23.2 Å². The molecule has 4 N–H and O–H groups in total. The number of carbonyl (C=O) groups excluding carboxylic acids is 1. The van der Waals surface area contributed by atoms with Crippen LogP contribution in [0.25, 0.3) is 5.70 Å². The number of nitrogens with zero attached hydrogens (tertiary/aromatic N) is 2. The van der Waals surface area contributed by atoms with E-state index in [-0.39, 0.29) is 5.91 Å². The quantitative estimate of drug-likeness (QED) is 0.647. The highest BCUT2D eigenvalue weighted by molar-refractivity contribution is 6.17. The minimum absolute atomic E-state index is 0.0888. The molecule has 0 radical (unpaired) electrons. The fraction of sp³-hybridized carbons (Fsp3) is 0.400. The zero-order chi connectivity index (χ0) is 19.2. The van der Waals surface area contributed by atoms with Gasteiger partial charge in [-0.05, 0) is 61.6 Å². The molecule has 4 bridgehead atoms. The monoisotopic (exact) mass is 387 g/mol. The fourth-order valence-corrected chi connectivity index (χ4v) is 3.43. The highest BCUT2D eigenvalue weighted by Crippen LogP contribution is 2.24. The first kappa shape index (κ1) is 19.3. The maximum atomic E-state index is 12.6. The molecule has 27 heavy (non-hydrogen) atoms. The summed E-state index contributed by atoms with van der Waals surface area (Å²) in [4.78, 5) is 17.2. The number of nitrogens with one attached hydrogen (secondary N) is 2. The number of amidine groups is 1. The molecule has 0 aliphatic carbocycles. The second-order valence-electron chi connectivity index (χ2n) is 6.88. The largest absolute Gasteiger partial charge is 0.403 e. The molecule has 0 unspecified atom stereocenters. The van der Waals surface area contributed by atoms with Gasteiger partial charge in [0.1, 0.15) is 5.84 Å². The topological polar surface area (TPSA) is 82.8 Å². The van der Waals surface area contributed by atoms with Gasteiger partial charge in [0.25, 0.3) is 5.91 Å². The maximum Gasteiger partial charge on any atom is 0.251 e. The third-order valence-corrected chi connectivity index (χ3v) is 4.91. The van der Waals surface area contributed by atoms with Crippen LogP contribution in [0.4, 0.5) is 0 Å². The van der Waals surface area contributed by atoms with Gasteiger partial charge in [-0.25, -0.2) is 0 Å². The molecule has 7 heteroatoms. The van der Waals surface area contributed by atoms with Gasteiger partial charge >= 0.3 is 0 Å². The molecule has 0 saturated carbocycles. The number of hydrogen-bond donors (Lipinski definition) is 3. The molecule has 2 aliphatic heterocycles. The lowest BCUT2D eigenvalue weighted by Crippen LogP contribution is -2.44. The van der Waals surface area contributed by atoms with E-state index in [0.29, 0.717) is 24.5 Å².